The lowest BCUT2D eigenvalue weighted by Crippen LogP contribution is -2.33. The van der Waals surface area contributed by atoms with E-state index in [1.165, 1.54) is 6.21 Å². The summed E-state index contributed by atoms with van der Waals surface area (Å²) in [6, 6.07) is 19.8. The van der Waals surface area contributed by atoms with E-state index < -0.39 is 18.0 Å². The van der Waals surface area contributed by atoms with Crippen LogP contribution in [-0.4, -0.2) is 24.2 Å². The molecular weight excluding hydrogens is 439 g/mol. The van der Waals surface area contributed by atoms with Gasteiger partial charge in [-0.3, -0.25) is 4.79 Å². The van der Waals surface area contributed by atoms with Gasteiger partial charge in [-0.15, -0.1) is 0 Å². The van der Waals surface area contributed by atoms with Gasteiger partial charge in [0.1, 0.15) is 11.5 Å². The van der Waals surface area contributed by atoms with Crippen molar-refractivity contribution in [3.05, 3.63) is 94.0 Å². The summed E-state index contributed by atoms with van der Waals surface area (Å²) in [7, 11) is 0. The molecule has 0 aliphatic heterocycles. The van der Waals surface area contributed by atoms with Gasteiger partial charge in [0, 0.05) is 15.6 Å². The van der Waals surface area contributed by atoms with Crippen LogP contribution in [0.4, 0.5) is 0 Å². The Morgan fingerprint density at radius 3 is 2.23 bits per heavy atom. The van der Waals surface area contributed by atoms with Gasteiger partial charge in [0.2, 0.25) is 0 Å². The molecule has 0 heterocycles. The number of amides is 1. The highest BCUT2D eigenvalue weighted by Gasteiger charge is 2.14. The van der Waals surface area contributed by atoms with Crippen LogP contribution in [-0.2, 0) is 4.79 Å². The van der Waals surface area contributed by atoms with Crippen LogP contribution >= 0.6 is 23.2 Å². The Morgan fingerprint density at radius 1 is 0.935 bits per heavy atom. The summed E-state index contributed by atoms with van der Waals surface area (Å²) in [5.74, 6) is -0.172. The van der Waals surface area contributed by atoms with E-state index in [1.54, 1.807) is 79.7 Å². The Bertz CT molecular complexity index is 1080. The summed E-state index contributed by atoms with van der Waals surface area (Å²) in [4.78, 5) is 24.5. The van der Waals surface area contributed by atoms with Crippen molar-refractivity contribution in [2.24, 2.45) is 5.10 Å². The summed E-state index contributed by atoms with van der Waals surface area (Å²) >= 11 is 11.7. The Hall–Kier alpha value is -3.35. The van der Waals surface area contributed by atoms with Crippen LogP contribution in [0.5, 0.6) is 11.5 Å². The summed E-state index contributed by atoms with van der Waals surface area (Å²) in [5, 5.41) is 5.03. The van der Waals surface area contributed by atoms with E-state index in [4.69, 9.17) is 32.7 Å². The lowest BCUT2D eigenvalue weighted by molar-refractivity contribution is -0.127. The van der Waals surface area contributed by atoms with Gasteiger partial charge in [0.15, 0.2) is 6.10 Å². The van der Waals surface area contributed by atoms with Gasteiger partial charge in [0.25, 0.3) is 5.91 Å². The SMILES string of the molecule is C[C@H](Oc1ccc(Cl)cc1)C(=O)N/N=C\c1ccccc1OC(=O)c1ccc(Cl)cc1. The van der Waals surface area contributed by atoms with Crippen molar-refractivity contribution < 1.29 is 19.1 Å². The molecule has 0 aromatic heterocycles. The van der Waals surface area contributed by atoms with E-state index in [-0.39, 0.29) is 0 Å². The second kappa shape index (κ2) is 10.6. The highest BCUT2D eigenvalue weighted by atomic mass is 35.5. The minimum Gasteiger partial charge on any atom is -0.481 e. The second-order valence-corrected chi connectivity index (χ2v) is 7.26. The van der Waals surface area contributed by atoms with E-state index in [0.29, 0.717) is 32.7 Å². The zero-order valence-electron chi connectivity index (χ0n) is 16.4. The van der Waals surface area contributed by atoms with Crippen LogP contribution in [0.3, 0.4) is 0 Å². The van der Waals surface area contributed by atoms with Gasteiger partial charge in [0.05, 0.1) is 11.8 Å². The molecule has 6 nitrogen and oxygen atoms in total. The topological polar surface area (TPSA) is 77.0 Å². The van der Waals surface area contributed by atoms with Crippen molar-refractivity contribution in [3.63, 3.8) is 0 Å². The first-order valence-electron chi connectivity index (χ1n) is 9.24. The summed E-state index contributed by atoms with van der Waals surface area (Å²) in [6.07, 6.45) is 0.605. The third kappa shape index (κ3) is 6.57. The number of benzene rings is 3. The molecule has 1 N–H and O–H groups in total. The van der Waals surface area contributed by atoms with E-state index in [2.05, 4.69) is 10.5 Å². The number of nitrogens with one attached hydrogen (secondary N) is 1. The zero-order valence-corrected chi connectivity index (χ0v) is 17.9. The molecule has 0 saturated heterocycles. The first-order chi connectivity index (χ1) is 14.9. The van der Waals surface area contributed by atoms with Crippen LogP contribution in [0.15, 0.2) is 77.9 Å². The lowest BCUT2D eigenvalue weighted by atomic mass is 10.2. The van der Waals surface area contributed by atoms with Crippen LogP contribution in [0.2, 0.25) is 10.0 Å². The average Bonchev–Trinajstić information content (AvgIpc) is 2.76. The molecule has 0 spiro atoms. The molecule has 31 heavy (non-hydrogen) atoms. The van der Waals surface area contributed by atoms with Gasteiger partial charge in [-0.05, 0) is 67.6 Å². The lowest BCUT2D eigenvalue weighted by Gasteiger charge is -2.13. The number of carbonyl (C=O) groups excluding carboxylic acids is 2. The summed E-state index contributed by atoms with van der Waals surface area (Å²) in [6.45, 7) is 1.60. The predicted octanol–water partition coefficient (Wildman–Crippen LogP) is 5.13. The predicted molar refractivity (Wildman–Crippen MR) is 120 cm³/mol. The fourth-order valence-electron chi connectivity index (χ4n) is 2.45. The van der Waals surface area contributed by atoms with E-state index in [9.17, 15) is 9.59 Å². The van der Waals surface area contributed by atoms with Gasteiger partial charge >= 0.3 is 5.97 Å². The van der Waals surface area contributed by atoms with Crippen LogP contribution in [0.1, 0.15) is 22.8 Å². The van der Waals surface area contributed by atoms with Crippen LogP contribution < -0.4 is 14.9 Å². The Balaban J connectivity index is 1.60. The molecule has 0 aliphatic rings. The van der Waals surface area contributed by atoms with E-state index in [1.807, 2.05) is 0 Å². The van der Waals surface area contributed by atoms with Crippen molar-refractivity contribution in [2.75, 3.05) is 0 Å². The van der Waals surface area contributed by atoms with Gasteiger partial charge in [-0.1, -0.05) is 35.3 Å². The smallest absolute Gasteiger partial charge is 0.343 e. The molecule has 3 rings (SSSR count). The number of hydrogen-bond acceptors (Lipinski definition) is 5. The maximum Gasteiger partial charge on any atom is 0.343 e. The molecule has 0 aliphatic carbocycles. The molecule has 0 saturated carbocycles. The maximum atomic E-state index is 12.3. The standard InChI is InChI=1S/C23H18Cl2N2O4/c1-15(30-20-12-10-19(25)11-13-20)22(28)27-26-14-17-4-2-3-5-21(17)31-23(29)16-6-8-18(24)9-7-16/h2-15H,1H3,(H,27,28)/b26-14-/t15-/m0/s1. The molecule has 1 amide bonds. The number of hydrogen-bond donors (Lipinski definition) is 1. The second-order valence-electron chi connectivity index (χ2n) is 6.38. The third-order valence-corrected chi connectivity index (χ3v) is 4.58. The highest BCUT2D eigenvalue weighted by Crippen LogP contribution is 2.19. The minimum absolute atomic E-state index is 0.297. The maximum absolute atomic E-state index is 12.3. The molecule has 158 valence electrons. The molecule has 8 heteroatoms. The van der Waals surface area contributed by atoms with Crippen LogP contribution in [0, 0.1) is 0 Å². The van der Waals surface area contributed by atoms with Crippen molar-refractivity contribution in [3.8, 4) is 11.5 Å². The number of para-hydroxylation sites is 1. The third-order valence-electron chi connectivity index (χ3n) is 4.08. The normalized spacial score (nSPS) is 11.7. The minimum atomic E-state index is -0.781. The fraction of sp³-hybridized carbons (Fsp3) is 0.0870. The highest BCUT2D eigenvalue weighted by molar-refractivity contribution is 6.30. The summed E-state index contributed by atoms with van der Waals surface area (Å²) < 4.78 is 11.0. The van der Waals surface area contributed by atoms with Gasteiger partial charge in [-0.25, -0.2) is 10.2 Å². The number of hydrazone groups is 1. The number of esters is 1. The average molecular weight is 457 g/mol. The van der Waals surface area contributed by atoms with E-state index >= 15 is 0 Å². The van der Waals surface area contributed by atoms with Gasteiger partial charge in [-0.2, -0.15) is 5.10 Å². The number of ether oxygens (including phenoxy) is 2. The summed E-state index contributed by atoms with van der Waals surface area (Å²) in [5.41, 5.74) is 3.27. The molecule has 3 aromatic carbocycles. The van der Waals surface area contributed by atoms with Crippen molar-refractivity contribution in [2.45, 2.75) is 13.0 Å². The number of rotatable bonds is 7. The largest absolute Gasteiger partial charge is 0.481 e. The fourth-order valence-corrected chi connectivity index (χ4v) is 2.70. The van der Waals surface area contributed by atoms with E-state index in [0.717, 1.165) is 0 Å². The van der Waals surface area contributed by atoms with Crippen molar-refractivity contribution >= 4 is 41.3 Å². The Kier molecular flexibility index (Phi) is 7.65. The number of halogens is 2. The molecular formula is C23H18Cl2N2O4. The van der Waals surface area contributed by atoms with Crippen LogP contribution in [0.25, 0.3) is 0 Å². The quantitative estimate of drug-likeness (QED) is 0.231. The number of carbonyl (C=O) groups is 2. The molecule has 0 radical (unpaired) electrons. The Morgan fingerprint density at radius 2 is 1.55 bits per heavy atom. The molecule has 0 fully saturated rings. The monoisotopic (exact) mass is 456 g/mol. The zero-order chi connectivity index (χ0) is 22.2. The Labute approximate surface area is 189 Å². The van der Waals surface area contributed by atoms with Gasteiger partial charge < -0.3 is 9.47 Å². The first-order valence-corrected chi connectivity index (χ1v) is 10.00. The number of nitrogens with zero attached hydrogens (tertiary/aromatic N) is 1. The van der Waals surface area contributed by atoms with Crippen molar-refractivity contribution in [1.82, 2.24) is 5.43 Å². The van der Waals surface area contributed by atoms with Crippen molar-refractivity contribution in [1.29, 1.82) is 0 Å². The molecule has 3 aromatic rings. The molecule has 0 bridgehead atoms. The molecule has 0 unspecified atom stereocenters. The first kappa shape index (κ1) is 22.3. The molecule has 1 atom stereocenters.